The lowest BCUT2D eigenvalue weighted by Gasteiger charge is -2.05. The third-order valence-corrected chi connectivity index (χ3v) is 3.30. The highest BCUT2D eigenvalue weighted by Gasteiger charge is 2.11. The smallest absolute Gasteiger partial charge is 0.276 e. The average molecular weight is 341 g/mol. The zero-order valence-electron chi connectivity index (χ0n) is 13.8. The number of amides is 1. The molecule has 0 unspecified atom stereocenters. The van der Waals surface area contributed by atoms with Crippen molar-refractivity contribution in [3.05, 3.63) is 60.7 Å². The maximum atomic E-state index is 12.2. The molecule has 3 rings (SSSR count). The molecule has 2 aromatic heterocycles. The second-order valence-corrected chi connectivity index (χ2v) is 5.17. The third kappa shape index (κ3) is 4.67. The number of para-hydroxylation sites is 1. The van der Waals surface area contributed by atoms with E-state index in [1.165, 1.54) is 0 Å². The molecule has 1 aromatic carbocycles. The number of carbonyl (C=O) groups excluding carboxylic acids is 1. The average Bonchev–Trinajstić information content (AvgIpc) is 3.28. The standard InChI is InChI=1S/C17H19N5O3/c1-2-24-12-22-11-14(10-18-22)19-17(23)16-8-9-21(20-16)13-25-15-6-4-3-5-7-15/h3-11H,2,12-13H2,1H3,(H,19,23). The van der Waals surface area contributed by atoms with Gasteiger partial charge < -0.3 is 14.8 Å². The first-order valence-electron chi connectivity index (χ1n) is 7.87. The number of carbonyl (C=O) groups is 1. The van der Waals surface area contributed by atoms with Crippen molar-refractivity contribution in [3.63, 3.8) is 0 Å². The Morgan fingerprint density at radius 3 is 2.80 bits per heavy atom. The molecule has 8 nitrogen and oxygen atoms in total. The zero-order valence-corrected chi connectivity index (χ0v) is 13.8. The summed E-state index contributed by atoms with van der Waals surface area (Å²) < 4.78 is 14.0. The minimum Gasteiger partial charge on any atom is -0.471 e. The van der Waals surface area contributed by atoms with Gasteiger partial charge in [-0.05, 0) is 25.1 Å². The largest absolute Gasteiger partial charge is 0.471 e. The molecule has 1 amide bonds. The van der Waals surface area contributed by atoms with E-state index in [1.54, 1.807) is 34.0 Å². The molecule has 25 heavy (non-hydrogen) atoms. The number of aromatic nitrogens is 4. The second-order valence-electron chi connectivity index (χ2n) is 5.17. The summed E-state index contributed by atoms with van der Waals surface area (Å²) in [4.78, 5) is 12.2. The summed E-state index contributed by atoms with van der Waals surface area (Å²) in [6.45, 7) is 3.08. The Kier molecular flexibility index (Phi) is 5.43. The predicted molar refractivity (Wildman–Crippen MR) is 91.1 cm³/mol. The van der Waals surface area contributed by atoms with Gasteiger partial charge in [0.1, 0.15) is 12.5 Å². The van der Waals surface area contributed by atoms with Crippen LogP contribution in [-0.4, -0.2) is 32.1 Å². The quantitative estimate of drug-likeness (QED) is 0.680. The highest BCUT2D eigenvalue weighted by atomic mass is 16.5. The molecule has 0 aliphatic heterocycles. The molecule has 0 radical (unpaired) electrons. The molecule has 0 aliphatic rings. The van der Waals surface area contributed by atoms with E-state index in [2.05, 4.69) is 15.5 Å². The first kappa shape index (κ1) is 16.7. The van der Waals surface area contributed by atoms with Crippen LogP contribution in [0, 0.1) is 0 Å². The first-order chi connectivity index (χ1) is 12.2. The minimum atomic E-state index is -0.311. The van der Waals surface area contributed by atoms with Crippen molar-refractivity contribution in [1.29, 1.82) is 0 Å². The fraction of sp³-hybridized carbons (Fsp3) is 0.235. The lowest BCUT2D eigenvalue weighted by atomic mass is 10.3. The minimum absolute atomic E-state index is 0.226. The number of ether oxygens (including phenoxy) is 2. The molecule has 0 fully saturated rings. The molecule has 0 spiro atoms. The Bertz CT molecular complexity index is 813. The Labute approximate surface area is 145 Å². The van der Waals surface area contributed by atoms with E-state index in [1.807, 2.05) is 37.3 Å². The summed E-state index contributed by atoms with van der Waals surface area (Å²) >= 11 is 0. The van der Waals surface area contributed by atoms with E-state index in [0.29, 0.717) is 24.7 Å². The van der Waals surface area contributed by atoms with Gasteiger partial charge in [0.25, 0.3) is 5.91 Å². The van der Waals surface area contributed by atoms with E-state index in [4.69, 9.17) is 9.47 Å². The van der Waals surface area contributed by atoms with Crippen molar-refractivity contribution in [2.24, 2.45) is 0 Å². The number of rotatable bonds is 8. The summed E-state index contributed by atoms with van der Waals surface area (Å²) in [6.07, 6.45) is 4.95. The molecule has 0 atom stereocenters. The normalized spacial score (nSPS) is 10.6. The van der Waals surface area contributed by atoms with E-state index in [9.17, 15) is 4.79 Å². The van der Waals surface area contributed by atoms with Crippen LogP contribution in [0.4, 0.5) is 5.69 Å². The molecular formula is C17H19N5O3. The summed E-state index contributed by atoms with van der Waals surface area (Å²) in [5.74, 6) is 0.431. The van der Waals surface area contributed by atoms with Gasteiger partial charge in [-0.1, -0.05) is 18.2 Å². The molecule has 1 N–H and O–H groups in total. The number of benzene rings is 1. The van der Waals surface area contributed by atoms with Crippen LogP contribution in [0.15, 0.2) is 55.0 Å². The van der Waals surface area contributed by atoms with Gasteiger partial charge in [0.15, 0.2) is 12.4 Å². The van der Waals surface area contributed by atoms with Crippen LogP contribution in [0.2, 0.25) is 0 Å². The van der Waals surface area contributed by atoms with Crippen LogP contribution in [0.5, 0.6) is 5.75 Å². The Morgan fingerprint density at radius 1 is 1.16 bits per heavy atom. The number of nitrogens with one attached hydrogen (secondary N) is 1. The van der Waals surface area contributed by atoms with Crippen LogP contribution >= 0.6 is 0 Å². The maximum Gasteiger partial charge on any atom is 0.276 e. The predicted octanol–water partition coefficient (Wildman–Crippen LogP) is 2.36. The molecular weight excluding hydrogens is 322 g/mol. The monoisotopic (exact) mass is 341 g/mol. The Balaban J connectivity index is 1.54. The van der Waals surface area contributed by atoms with Gasteiger partial charge in [-0.2, -0.15) is 10.2 Å². The molecule has 8 heteroatoms. The fourth-order valence-electron chi connectivity index (χ4n) is 2.09. The van der Waals surface area contributed by atoms with Crippen LogP contribution in [0.1, 0.15) is 17.4 Å². The highest BCUT2D eigenvalue weighted by molar-refractivity contribution is 6.02. The van der Waals surface area contributed by atoms with Gasteiger partial charge >= 0.3 is 0 Å². The van der Waals surface area contributed by atoms with Gasteiger partial charge in [-0.3, -0.25) is 4.79 Å². The first-order valence-corrected chi connectivity index (χ1v) is 7.87. The van der Waals surface area contributed by atoms with Gasteiger partial charge in [0.05, 0.1) is 18.1 Å². The molecule has 0 aliphatic carbocycles. The lowest BCUT2D eigenvalue weighted by Crippen LogP contribution is -2.14. The SMILES string of the molecule is CCOCn1cc(NC(=O)c2ccn(COc3ccccc3)n2)cn1. The summed E-state index contributed by atoms with van der Waals surface area (Å²) in [5.41, 5.74) is 0.883. The molecule has 2 heterocycles. The number of hydrogen-bond donors (Lipinski definition) is 1. The van der Waals surface area contributed by atoms with Crippen molar-refractivity contribution in [1.82, 2.24) is 19.6 Å². The highest BCUT2D eigenvalue weighted by Crippen LogP contribution is 2.10. The van der Waals surface area contributed by atoms with E-state index < -0.39 is 0 Å². The van der Waals surface area contributed by atoms with Crippen molar-refractivity contribution >= 4 is 11.6 Å². The Hall–Kier alpha value is -3.13. The van der Waals surface area contributed by atoms with Crippen LogP contribution in [0.25, 0.3) is 0 Å². The molecule has 0 bridgehead atoms. The van der Waals surface area contributed by atoms with Crippen molar-refractivity contribution < 1.29 is 14.3 Å². The molecule has 0 saturated carbocycles. The van der Waals surface area contributed by atoms with Crippen LogP contribution in [0.3, 0.4) is 0 Å². The van der Waals surface area contributed by atoms with Crippen LogP contribution in [-0.2, 0) is 18.2 Å². The summed E-state index contributed by atoms with van der Waals surface area (Å²) in [6, 6.07) is 11.0. The van der Waals surface area contributed by atoms with Crippen molar-refractivity contribution in [3.8, 4) is 5.75 Å². The van der Waals surface area contributed by atoms with Gasteiger partial charge in [-0.25, -0.2) is 9.36 Å². The maximum absolute atomic E-state index is 12.2. The Morgan fingerprint density at radius 2 is 2.00 bits per heavy atom. The number of nitrogens with zero attached hydrogens (tertiary/aromatic N) is 4. The summed E-state index contributed by atoms with van der Waals surface area (Å²) in [5, 5.41) is 11.1. The molecule has 3 aromatic rings. The summed E-state index contributed by atoms with van der Waals surface area (Å²) in [7, 11) is 0. The van der Waals surface area contributed by atoms with E-state index in [-0.39, 0.29) is 12.6 Å². The molecule has 0 saturated heterocycles. The van der Waals surface area contributed by atoms with Crippen molar-refractivity contribution in [2.45, 2.75) is 20.4 Å². The van der Waals surface area contributed by atoms with Gasteiger partial charge in [-0.15, -0.1) is 0 Å². The topological polar surface area (TPSA) is 83.2 Å². The van der Waals surface area contributed by atoms with E-state index in [0.717, 1.165) is 5.75 Å². The zero-order chi connectivity index (χ0) is 17.5. The van der Waals surface area contributed by atoms with Gasteiger partial charge in [0, 0.05) is 12.8 Å². The number of hydrogen-bond acceptors (Lipinski definition) is 5. The van der Waals surface area contributed by atoms with Gasteiger partial charge in [0.2, 0.25) is 0 Å². The van der Waals surface area contributed by atoms with E-state index >= 15 is 0 Å². The molecule has 130 valence electrons. The third-order valence-electron chi connectivity index (χ3n) is 3.30. The number of anilines is 1. The van der Waals surface area contributed by atoms with Crippen molar-refractivity contribution in [2.75, 3.05) is 11.9 Å². The fourth-order valence-corrected chi connectivity index (χ4v) is 2.09. The second kappa shape index (κ2) is 8.11. The van der Waals surface area contributed by atoms with Crippen LogP contribution < -0.4 is 10.1 Å². The lowest BCUT2D eigenvalue weighted by molar-refractivity contribution is 0.0792.